The number of nitrogens with zero attached hydrogens (tertiary/aromatic N) is 1. The van der Waals surface area contributed by atoms with Crippen LogP contribution in [-0.2, 0) is 16.1 Å². The van der Waals surface area contributed by atoms with Gasteiger partial charge in [-0.3, -0.25) is 9.59 Å². The number of aryl methyl sites for hydroxylation is 1. The number of carbonyl (C=O) groups is 1. The molecular weight excluding hydrogens is 262 g/mol. The van der Waals surface area contributed by atoms with Crippen LogP contribution in [0.3, 0.4) is 0 Å². The molecule has 1 aromatic rings. The van der Waals surface area contributed by atoms with Gasteiger partial charge in [-0.05, 0) is 30.1 Å². The van der Waals surface area contributed by atoms with Crippen LogP contribution in [0.5, 0.6) is 0 Å². The highest BCUT2D eigenvalue weighted by Crippen LogP contribution is 2.51. The fourth-order valence-corrected chi connectivity index (χ4v) is 3.32. The number of hydrogen-bond donors (Lipinski definition) is 0. The zero-order chi connectivity index (χ0) is 13.7. The SMILES string of the molecule is COC(=O)CC1(CSCCn2ccccc2=O)CC1. The van der Waals surface area contributed by atoms with Crippen LogP contribution in [0.2, 0.25) is 0 Å². The number of hydrogen-bond acceptors (Lipinski definition) is 4. The second kappa shape index (κ2) is 6.28. The molecule has 1 heterocycles. The third-order valence-electron chi connectivity index (χ3n) is 3.49. The molecule has 0 atom stereocenters. The Labute approximate surface area is 117 Å². The molecule has 1 fully saturated rings. The van der Waals surface area contributed by atoms with Gasteiger partial charge in [-0.2, -0.15) is 11.8 Å². The maximum atomic E-state index is 11.5. The Morgan fingerprint density at radius 2 is 2.26 bits per heavy atom. The molecule has 0 spiro atoms. The van der Waals surface area contributed by atoms with Crippen molar-refractivity contribution in [2.45, 2.75) is 25.8 Å². The zero-order valence-electron chi connectivity index (χ0n) is 11.1. The largest absolute Gasteiger partial charge is 0.469 e. The Bertz CT molecular complexity index is 493. The van der Waals surface area contributed by atoms with Crippen LogP contribution in [0.1, 0.15) is 19.3 Å². The summed E-state index contributed by atoms with van der Waals surface area (Å²) in [5.41, 5.74) is 0.207. The highest BCUT2D eigenvalue weighted by Gasteiger charge is 2.44. The molecule has 0 saturated heterocycles. The van der Waals surface area contributed by atoms with E-state index < -0.39 is 0 Å². The third-order valence-corrected chi connectivity index (χ3v) is 4.78. The van der Waals surface area contributed by atoms with Crippen LogP contribution in [0.15, 0.2) is 29.2 Å². The first-order valence-corrected chi connectivity index (χ1v) is 7.61. The summed E-state index contributed by atoms with van der Waals surface area (Å²) in [4.78, 5) is 22.8. The lowest BCUT2D eigenvalue weighted by atomic mass is 10.1. The lowest BCUT2D eigenvalue weighted by Crippen LogP contribution is -2.19. The lowest BCUT2D eigenvalue weighted by Gasteiger charge is -2.13. The fraction of sp³-hybridized carbons (Fsp3) is 0.571. The number of thioether (sulfide) groups is 1. The summed E-state index contributed by atoms with van der Waals surface area (Å²) >= 11 is 1.81. The molecule has 0 bridgehead atoms. The molecular formula is C14H19NO3S. The lowest BCUT2D eigenvalue weighted by molar-refractivity contribution is -0.141. The van der Waals surface area contributed by atoms with Gasteiger partial charge in [-0.1, -0.05) is 6.07 Å². The number of carbonyl (C=O) groups excluding carboxylic acids is 1. The van der Waals surface area contributed by atoms with E-state index >= 15 is 0 Å². The monoisotopic (exact) mass is 281 g/mol. The van der Waals surface area contributed by atoms with Crippen LogP contribution < -0.4 is 5.56 Å². The number of methoxy groups -OCH3 is 1. The van der Waals surface area contributed by atoms with Crippen LogP contribution in [0, 0.1) is 5.41 Å². The molecule has 5 heteroatoms. The summed E-state index contributed by atoms with van der Waals surface area (Å²) in [6.45, 7) is 0.721. The Morgan fingerprint density at radius 3 is 2.89 bits per heavy atom. The van der Waals surface area contributed by atoms with Crippen LogP contribution in [0.4, 0.5) is 0 Å². The Balaban J connectivity index is 1.71. The number of pyridine rings is 1. The second-order valence-corrected chi connectivity index (χ2v) is 6.14. The Hall–Kier alpha value is -1.23. The fourth-order valence-electron chi connectivity index (χ4n) is 2.02. The molecule has 0 radical (unpaired) electrons. The summed E-state index contributed by atoms with van der Waals surface area (Å²) in [5, 5.41) is 0. The predicted octanol–water partition coefficient (Wildman–Crippen LogP) is 1.92. The van der Waals surface area contributed by atoms with Crippen LogP contribution in [-0.4, -0.2) is 29.2 Å². The van der Waals surface area contributed by atoms with Gasteiger partial charge >= 0.3 is 5.97 Å². The quantitative estimate of drug-likeness (QED) is 0.566. The van der Waals surface area contributed by atoms with E-state index in [-0.39, 0.29) is 16.9 Å². The summed E-state index contributed by atoms with van der Waals surface area (Å²) < 4.78 is 6.44. The van der Waals surface area contributed by atoms with E-state index in [1.165, 1.54) is 7.11 Å². The van der Waals surface area contributed by atoms with E-state index in [0.717, 1.165) is 30.9 Å². The number of rotatable bonds is 7. The van der Waals surface area contributed by atoms with Crippen molar-refractivity contribution >= 4 is 17.7 Å². The van der Waals surface area contributed by atoms with E-state index in [1.807, 2.05) is 24.0 Å². The molecule has 2 rings (SSSR count). The van der Waals surface area contributed by atoms with Crippen molar-refractivity contribution < 1.29 is 9.53 Å². The maximum Gasteiger partial charge on any atom is 0.306 e. The summed E-state index contributed by atoms with van der Waals surface area (Å²) in [7, 11) is 1.44. The Kier molecular flexibility index (Phi) is 4.69. The van der Waals surface area contributed by atoms with Crippen molar-refractivity contribution in [2.75, 3.05) is 18.6 Å². The molecule has 0 aliphatic heterocycles. The average molecular weight is 281 g/mol. The van der Waals surface area contributed by atoms with Gasteiger partial charge in [0.2, 0.25) is 0 Å². The molecule has 1 aliphatic rings. The smallest absolute Gasteiger partial charge is 0.306 e. The molecule has 1 aromatic heterocycles. The van der Waals surface area contributed by atoms with E-state index in [2.05, 4.69) is 0 Å². The van der Waals surface area contributed by atoms with Crippen molar-refractivity contribution in [3.05, 3.63) is 34.7 Å². The van der Waals surface area contributed by atoms with E-state index in [1.54, 1.807) is 16.7 Å². The van der Waals surface area contributed by atoms with Gasteiger partial charge in [0.15, 0.2) is 0 Å². The molecule has 4 nitrogen and oxygen atoms in total. The number of esters is 1. The van der Waals surface area contributed by atoms with Gasteiger partial charge in [0, 0.05) is 24.6 Å². The molecule has 104 valence electrons. The average Bonchev–Trinajstić information content (AvgIpc) is 3.16. The summed E-state index contributed by atoms with van der Waals surface area (Å²) in [5.74, 6) is 1.76. The first-order chi connectivity index (χ1) is 9.15. The highest BCUT2D eigenvalue weighted by atomic mass is 32.2. The van der Waals surface area contributed by atoms with Gasteiger partial charge in [0.25, 0.3) is 5.56 Å². The van der Waals surface area contributed by atoms with Crippen molar-refractivity contribution in [1.82, 2.24) is 4.57 Å². The minimum atomic E-state index is -0.114. The van der Waals surface area contributed by atoms with Crippen LogP contribution >= 0.6 is 11.8 Å². The van der Waals surface area contributed by atoms with Gasteiger partial charge in [0.05, 0.1) is 13.5 Å². The molecule has 0 N–H and O–H groups in total. The second-order valence-electron chi connectivity index (χ2n) is 5.04. The van der Waals surface area contributed by atoms with Crippen molar-refractivity contribution in [2.24, 2.45) is 5.41 Å². The van der Waals surface area contributed by atoms with E-state index in [4.69, 9.17) is 4.74 Å². The summed E-state index contributed by atoms with van der Waals surface area (Å²) in [6.07, 6.45) is 4.56. The Morgan fingerprint density at radius 1 is 1.47 bits per heavy atom. The van der Waals surface area contributed by atoms with Gasteiger partial charge in [0.1, 0.15) is 0 Å². The normalized spacial score (nSPS) is 16.1. The zero-order valence-corrected chi connectivity index (χ0v) is 11.9. The topological polar surface area (TPSA) is 48.3 Å². The predicted molar refractivity (Wildman–Crippen MR) is 76.3 cm³/mol. The van der Waals surface area contributed by atoms with Crippen molar-refractivity contribution in [1.29, 1.82) is 0 Å². The van der Waals surface area contributed by atoms with Gasteiger partial charge in [-0.15, -0.1) is 0 Å². The summed E-state index contributed by atoms with van der Waals surface area (Å²) in [6, 6.07) is 5.19. The van der Waals surface area contributed by atoms with E-state index in [9.17, 15) is 9.59 Å². The van der Waals surface area contributed by atoms with Crippen molar-refractivity contribution in [3.63, 3.8) is 0 Å². The first-order valence-electron chi connectivity index (χ1n) is 6.45. The molecule has 0 aromatic carbocycles. The molecule has 1 aliphatic carbocycles. The minimum Gasteiger partial charge on any atom is -0.469 e. The number of ether oxygens (including phenoxy) is 1. The van der Waals surface area contributed by atoms with E-state index in [0.29, 0.717) is 6.42 Å². The third kappa shape index (κ3) is 4.13. The molecule has 1 saturated carbocycles. The standard InChI is InChI=1S/C14H19NO3S/c1-18-13(17)10-14(5-6-14)11-19-9-8-15-7-3-2-4-12(15)16/h2-4,7H,5-6,8-11H2,1H3. The first kappa shape index (κ1) is 14.2. The number of aromatic nitrogens is 1. The molecule has 0 unspecified atom stereocenters. The van der Waals surface area contributed by atoms with Gasteiger partial charge < -0.3 is 9.30 Å². The maximum absolute atomic E-state index is 11.5. The van der Waals surface area contributed by atoms with Crippen LogP contribution in [0.25, 0.3) is 0 Å². The highest BCUT2D eigenvalue weighted by molar-refractivity contribution is 7.99. The molecule has 19 heavy (non-hydrogen) atoms. The minimum absolute atomic E-state index is 0.0406. The molecule has 0 amide bonds. The van der Waals surface area contributed by atoms with Gasteiger partial charge in [-0.25, -0.2) is 0 Å². The van der Waals surface area contributed by atoms with Crippen molar-refractivity contribution in [3.8, 4) is 0 Å².